The number of nitro groups is 1. The van der Waals surface area contributed by atoms with Crippen molar-refractivity contribution in [3.05, 3.63) is 63.7 Å². The molecule has 6 heteroatoms. The molecule has 0 atom stereocenters. The highest BCUT2D eigenvalue weighted by molar-refractivity contribution is 5.96. The van der Waals surface area contributed by atoms with Crippen LogP contribution in [-0.4, -0.2) is 16.0 Å². The Balaban J connectivity index is 2.41. The van der Waals surface area contributed by atoms with Gasteiger partial charge in [-0.05, 0) is 24.3 Å². The largest absolute Gasteiger partial charge is 0.478 e. The first-order valence-electron chi connectivity index (χ1n) is 5.86. The number of rotatable bonds is 4. The lowest BCUT2D eigenvalue weighted by Gasteiger charge is -2.09. The molecule has 2 N–H and O–H groups in total. The van der Waals surface area contributed by atoms with Crippen molar-refractivity contribution in [2.24, 2.45) is 0 Å². The van der Waals surface area contributed by atoms with Crippen molar-refractivity contribution in [3.8, 4) is 12.3 Å². The standard InChI is InChI=1S/C15H10N2O4/c1-2-10-4-3-5-11(8-10)16-14-7-6-12(17(20)21)9-13(14)15(18)19/h1,3-9,16H,(H,18,19). The van der Waals surface area contributed by atoms with E-state index in [4.69, 9.17) is 11.5 Å². The summed E-state index contributed by atoms with van der Waals surface area (Å²) < 4.78 is 0. The summed E-state index contributed by atoms with van der Waals surface area (Å²) >= 11 is 0. The minimum atomic E-state index is -1.26. The number of hydrogen-bond donors (Lipinski definition) is 2. The molecule has 0 aromatic heterocycles. The van der Waals surface area contributed by atoms with Gasteiger partial charge in [-0.3, -0.25) is 10.1 Å². The lowest BCUT2D eigenvalue weighted by atomic mass is 10.1. The number of carboxylic acids is 1. The molecule has 2 rings (SSSR count). The molecular formula is C15H10N2O4. The molecule has 104 valence electrons. The zero-order valence-electron chi connectivity index (χ0n) is 10.7. The fourth-order valence-electron chi connectivity index (χ4n) is 1.77. The van der Waals surface area contributed by atoms with Gasteiger partial charge in [0.25, 0.3) is 5.69 Å². The van der Waals surface area contributed by atoms with Crippen LogP contribution in [0.25, 0.3) is 0 Å². The summed E-state index contributed by atoms with van der Waals surface area (Å²) in [5, 5.41) is 22.8. The summed E-state index contributed by atoms with van der Waals surface area (Å²) in [7, 11) is 0. The fourth-order valence-corrected chi connectivity index (χ4v) is 1.77. The zero-order chi connectivity index (χ0) is 15.4. The molecule has 0 bridgehead atoms. The van der Waals surface area contributed by atoms with Gasteiger partial charge in [0.2, 0.25) is 0 Å². The van der Waals surface area contributed by atoms with Crippen molar-refractivity contribution in [2.45, 2.75) is 0 Å². The third-order valence-electron chi connectivity index (χ3n) is 2.75. The second-order valence-electron chi connectivity index (χ2n) is 4.14. The maximum atomic E-state index is 11.2. The van der Waals surface area contributed by atoms with E-state index in [1.54, 1.807) is 24.3 Å². The van der Waals surface area contributed by atoms with Crippen LogP contribution in [0, 0.1) is 22.5 Å². The van der Waals surface area contributed by atoms with Crippen molar-refractivity contribution >= 4 is 23.0 Å². The van der Waals surface area contributed by atoms with Gasteiger partial charge in [-0.25, -0.2) is 4.79 Å². The number of terminal acetylenes is 1. The van der Waals surface area contributed by atoms with Gasteiger partial charge < -0.3 is 10.4 Å². The van der Waals surface area contributed by atoms with Crippen LogP contribution in [-0.2, 0) is 0 Å². The zero-order valence-corrected chi connectivity index (χ0v) is 10.7. The minimum absolute atomic E-state index is 0.185. The third-order valence-corrected chi connectivity index (χ3v) is 2.75. The molecule has 21 heavy (non-hydrogen) atoms. The van der Waals surface area contributed by atoms with E-state index in [2.05, 4.69) is 11.2 Å². The van der Waals surface area contributed by atoms with E-state index >= 15 is 0 Å². The first-order chi connectivity index (χ1) is 10.0. The molecule has 2 aromatic rings. The molecule has 0 unspecified atom stereocenters. The quantitative estimate of drug-likeness (QED) is 0.511. The maximum absolute atomic E-state index is 11.2. The van der Waals surface area contributed by atoms with Crippen LogP contribution in [0.15, 0.2) is 42.5 Å². The number of carboxylic acid groups (broad SMARTS) is 1. The van der Waals surface area contributed by atoms with Crippen molar-refractivity contribution in [1.82, 2.24) is 0 Å². The van der Waals surface area contributed by atoms with E-state index in [0.717, 1.165) is 6.07 Å². The van der Waals surface area contributed by atoms with Crippen LogP contribution < -0.4 is 5.32 Å². The van der Waals surface area contributed by atoms with Gasteiger partial charge in [-0.1, -0.05) is 12.0 Å². The van der Waals surface area contributed by atoms with Crippen LogP contribution >= 0.6 is 0 Å². The first-order valence-corrected chi connectivity index (χ1v) is 5.86. The Bertz CT molecular complexity index is 763. The minimum Gasteiger partial charge on any atom is -0.478 e. The smallest absolute Gasteiger partial charge is 0.338 e. The summed E-state index contributed by atoms with van der Waals surface area (Å²) in [5.41, 5.74) is 1.02. The second kappa shape index (κ2) is 5.75. The fraction of sp³-hybridized carbons (Fsp3) is 0. The van der Waals surface area contributed by atoms with Gasteiger partial charge in [0, 0.05) is 23.4 Å². The molecule has 0 aliphatic heterocycles. The number of hydrogen-bond acceptors (Lipinski definition) is 4. The number of carbonyl (C=O) groups is 1. The molecule has 0 radical (unpaired) electrons. The van der Waals surface area contributed by atoms with Gasteiger partial charge in [0.05, 0.1) is 16.2 Å². The summed E-state index contributed by atoms with van der Waals surface area (Å²) in [5.74, 6) is 1.21. The SMILES string of the molecule is C#Cc1cccc(Nc2ccc([N+](=O)[O-])cc2C(=O)O)c1. The molecule has 6 nitrogen and oxygen atoms in total. The predicted molar refractivity (Wildman–Crippen MR) is 77.7 cm³/mol. The van der Waals surface area contributed by atoms with Crippen molar-refractivity contribution in [3.63, 3.8) is 0 Å². The van der Waals surface area contributed by atoms with E-state index < -0.39 is 10.9 Å². The lowest BCUT2D eigenvalue weighted by molar-refractivity contribution is -0.384. The molecule has 0 aliphatic carbocycles. The third kappa shape index (κ3) is 3.16. The van der Waals surface area contributed by atoms with Gasteiger partial charge >= 0.3 is 5.97 Å². The number of nitrogens with zero attached hydrogens (tertiary/aromatic N) is 1. The Hall–Kier alpha value is -3.33. The van der Waals surface area contributed by atoms with Crippen LogP contribution in [0.4, 0.5) is 17.1 Å². The molecule has 0 aliphatic rings. The normalized spacial score (nSPS) is 9.67. The maximum Gasteiger partial charge on any atom is 0.338 e. The van der Waals surface area contributed by atoms with E-state index in [0.29, 0.717) is 11.3 Å². The summed E-state index contributed by atoms with van der Waals surface area (Å²) in [6.07, 6.45) is 5.30. The summed E-state index contributed by atoms with van der Waals surface area (Å²) in [4.78, 5) is 21.3. The van der Waals surface area contributed by atoms with Crippen molar-refractivity contribution in [2.75, 3.05) is 5.32 Å². The van der Waals surface area contributed by atoms with Gasteiger partial charge in [0.1, 0.15) is 0 Å². The Morgan fingerprint density at radius 3 is 2.67 bits per heavy atom. The molecule has 0 saturated heterocycles. The Morgan fingerprint density at radius 1 is 1.29 bits per heavy atom. The summed E-state index contributed by atoms with van der Waals surface area (Å²) in [6, 6.07) is 10.4. The highest BCUT2D eigenvalue weighted by atomic mass is 16.6. The highest BCUT2D eigenvalue weighted by Gasteiger charge is 2.16. The Labute approximate surface area is 120 Å². The van der Waals surface area contributed by atoms with Gasteiger partial charge in [-0.2, -0.15) is 0 Å². The number of anilines is 2. The van der Waals surface area contributed by atoms with Crippen LogP contribution in [0.1, 0.15) is 15.9 Å². The number of nitro benzene ring substituents is 1. The first kappa shape index (κ1) is 14.1. The average Bonchev–Trinajstić information content (AvgIpc) is 2.47. The molecule has 0 saturated carbocycles. The van der Waals surface area contributed by atoms with E-state index in [1.165, 1.54) is 12.1 Å². The summed E-state index contributed by atoms with van der Waals surface area (Å²) in [6.45, 7) is 0. The van der Waals surface area contributed by atoms with Crippen LogP contribution in [0.3, 0.4) is 0 Å². The number of benzene rings is 2. The predicted octanol–water partition coefficient (Wildman–Crippen LogP) is 3.02. The molecule has 0 amide bonds. The Kier molecular flexibility index (Phi) is 3.86. The Morgan fingerprint density at radius 2 is 2.05 bits per heavy atom. The molecule has 0 spiro atoms. The van der Waals surface area contributed by atoms with Crippen LogP contribution in [0.2, 0.25) is 0 Å². The molecular weight excluding hydrogens is 272 g/mol. The lowest BCUT2D eigenvalue weighted by Crippen LogP contribution is -2.04. The molecule has 0 fully saturated rings. The van der Waals surface area contributed by atoms with E-state index in [9.17, 15) is 14.9 Å². The van der Waals surface area contributed by atoms with Gasteiger partial charge in [-0.15, -0.1) is 6.42 Å². The molecule has 0 heterocycles. The number of nitrogens with one attached hydrogen (secondary N) is 1. The highest BCUT2D eigenvalue weighted by Crippen LogP contribution is 2.25. The van der Waals surface area contributed by atoms with Crippen LogP contribution in [0.5, 0.6) is 0 Å². The van der Waals surface area contributed by atoms with Crippen molar-refractivity contribution in [1.29, 1.82) is 0 Å². The monoisotopic (exact) mass is 282 g/mol. The second-order valence-corrected chi connectivity index (χ2v) is 4.14. The van der Waals surface area contributed by atoms with E-state index in [1.807, 2.05) is 0 Å². The van der Waals surface area contributed by atoms with E-state index in [-0.39, 0.29) is 16.9 Å². The number of non-ortho nitro benzene ring substituents is 1. The van der Waals surface area contributed by atoms with Gasteiger partial charge in [0.15, 0.2) is 0 Å². The average molecular weight is 282 g/mol. The van der Waals surface area contributed by atoms with Crippen molar-refractivity contribution < 1.29 is 14.8 Å². The molecule has 2 aromatic carbocycles. The number of aromatic carboxylic acids is 1. The topological polar surface area (TPSA) is 92.5 Å².